The van der Waals surface area contributed by atoms with E-state index in [1.165, 1.54) is 57.8 Å². The zero-order chi connectivity index (χ0) is 12.4. The van der Waals surface area contributed by atoms with Crippen LogP contribution in [0.15, 0.2) is 0 Å². The highest BCUT2D eigenvalue weighted by atomic mass is 16.5. The van der Waals surface area contributed by atoms with E-state index in [1.54, 1.807) is 0 Å². The second-order valence-electron chi connectivity index (χ2n) is 6.88. The molecule has 0 bridgehead atoms. The summed E-state index contributed by atoms with van der Waals surface area (Å²) >= 11 is 0. The van der Waals surface area contributed by atoms with Crippen molar-refractivity contribution in [3.05, 3.63) is 0 Å². The lowest BCUT2D eigenvalue weighted by molar-refractivity contribution is -0.121. The quantitative estimate of drug-likeness (QED) is 0.812. The van der Waals surface area contributed by atoms with Gasteiger partial charge in [0.25, 0.3) is 0 Å². The summed E-state index contributed by atoms with van der Waals surface area (Å²) in [6, 6.07) is 0. The standard InChI is InChI=1S/C16H28O2/c17-15(13-6-2-1-3-7-13)14-8-11-18-16(12-14)9-4-5-10-16/h13-15,17H,1-12H2. The third-order valence-corrected chi connectivity index (χ3v) is 5.66. The number of aliphatic hydroxyl groups excluding tert-OH is 1. The fraction of sp³-hybridized carbons (Fsp3) is 1.00. The zero-order valence-corrected chi connectivity index (χ0v) is 11.6. The van der Waals surface area contributed by atoms with Crippen LogP contribution in [0.25, 0.3) is 0 Å². The van der Waals surface area contributed by atoms with Crippen LogP contribution in [0, 0.1) is 11.8 Å². The molecule has 3 aliphatic rings. The first-order chi connectivity index (χ1) is 8.79. The van der Waals surface area contributed by atoms with E-state index in [1.807, 2.05) is 0 Å². The molecule has 104 valence electrons. The maximum Gasteiger partial charge on any atom is 0.0686 e. The highest BCUT2D eigenvalue weighted by Gasteiger charge is 2.43. The Morgan fingerprint density at radius 2 is 1.61 bits per heavy atom. The van der Waals surface area contributed by atoms with Gasteiger partial charge >= 0.3 is 0 Å². The molecule has 2 heteroatoms. The van der Waals surface area contributed by atoms with Crippen molar-refractivity contribution in [3.8, 4) is 0 Å². The highest BCUT2D eigenvalue weighted by Crippen LogP contribution is 2.44. The second-order valence-corrected chi connectivity index (χ2v) is 6.88. The molecule has 1 N–H and O–H groups in total. The van der Waals surface area contributed by atoms with Crippen LogP contribution >= 0.6 is 0 Å². The number of aliphatic hydroxyl groups is 1. The van der Waals surface area contributed by atoms with E-state index in [0.717, 1.165) is 19.4 Å². The van der Waals surface area contributed by atoms with Crippen molar-refractivity contribution in [2.45, 2.75) is 82.3 Å². The van der Waals surface area contributed by atoms with Gasteiger partial charge < -0.3 is 9.84 Å². The molecule has 1 aliphatic heterocycles. The molecule has 2 saturated carbocycles. The van der Waals surface area contributed by atoms with Crippen LogP contribution in [0.3, 0.4) is 0 Å². The summed E-state index contributed by atoms with van der Waals surface area (Å²) in [6.07, 6.45) is 13.8. The van der Waals surface area contributed by atoms with Crippen molar-refractivity contribution in [2.24, 2.45) is 11.8 Å². The van der Waals surface area contributed by atoms with Crippen molar-refractivity contribution in [1.82, 2.24) is 0 Å². The van der Waals surface area contributed by atoms with E-state index >= 15 is 0 Å². The van der Waals surface area contributed by atoms with Crippen LogP contribution in [0.4, 0.5) is 0 Å². The Bertz CT molecular complexity index is 264. The van der Waals surface area contributed by atoms with E-state index in [9.17, 15) is 5.11 Å². The second kappa shape index (κ2) is 5.50. The fourth-order valence-electron chi connectivity index (χ4n) is 4.59. The van der Waals surface area contributed by atoms with Crippen LogP contribution in [-0.2, 0) is 4.74 Å². The Balaban J connectivity index is 1.60. The van der Waals surface area contributed by atoms with E-state index in [4.69, 9.17) is 4.74 Å². The van der Waals surface area contributed by atoms with Gasteiger partial charge in [-0.2, -0.15) is 0 Å². The van der Waals surface area contributed by atoms with Gasteiger partial charge in [0.2, 0.25) is 0 Å². The van der Waals surface area contributed by atoms with E-state index < -0.39 is 0 Å². The third-order valence-electron chi connectivity index (χ3n) is 5.66. The summed E-state index contributed by atoms with van der Waals surface area (Å²) in [4.78, 5) is 0. The molecule has 3 fully saturated rings. The molecule has 2 unspecified atom stereocenters. The molecule has 0 aromatic heterocycles. The van der Waals surface area contributed by atoms with Crippen molar-refractivity contribution in [1.29, 1.82) is 0 Å². The lowest BCUT2D eigenvalue weighted by atomic mass is 9.74. The number of hydrogen-bond acceptors (Lipinski definition) is 2. The minimum atomic E-state index is -0.0494. The van der Waals surface area contributed by atoms with E-state index in [0.29, 0.717) is 11.8 Å². The fourth-order valence-corrected chi connectivity index (χ4v) is 4.59. The van der Waals surface area contributed by atoms with Crippen molar-refractivity contribution < 1.29 is 9.84 Å². The zero-order valence-electron chi connectivity index (χ0n) is 11.6. The SMILES string of the molecule is OC(C1CCCCC1)C1CCOC2(CCCC2)C1. The Kier molecular flexibility index (Phi) is 3.95. The van der Waals surface area contributed by atoms with Gasteiger partial charge in [-0.1, -0.05) is 32.1 Å². The lowest BCUT2D eigenvalue weighted by Gasteiger charge is -2.42. The molecule has 2 nitrogen and oxygen atoms in total. The molecule has 0 amide bonds. The van der Waals surface area contributed by atoms with E-state index in [-0.39, 0.29) is 11.7 Å². The summed E-state index contributed by atoms with van der Waals surface area (Å²) in [5.74, 6) is 1.10. The van der Waals surface area contributed by atoms with Crippen LogP contribution in [0.1, 0.15) is 70.6 Å². The predicted molar refractivity (Wildman–Crippen MR) is 72.5 cm³/mol. The van der Waals surface area contributed by atoms with Gasteiger partial charge in [-0.25, -0.2) is 0 Å². The summed E-state index contributed by atoms with van der Waals surface area (Å²) in [7, 11) is 0. The smallest absolute Gasteiger partial charge is 0.0686 e. The van der Waals surface area contributed by atoms with Crippen LogP contribution < -0.4 is 0 Å². The molecule has 3 rings (SSSR count). The van der Waals surface area contributed by atoms with Gasteiger partial charge in [-0.15, -0.1) is 0 Å². The average molecular weight is 252 g/mol. The topological polar surface area (TPSA) is 29.5 Å². The Morgan fingerprint density at radius 3 is 2.33 bits per heavy atom. The maximum absolute atomic E-state index is 10.7. The molecule has 2 aliphatic carbocycles. The Hall–Kier alpha value is -0.0800. The average Bonchev–Trinajstić information content (AvgIpc) is 2.87. The van der Waals surface area contributed by atoms with Gasteiger partial charge in [0.15, 0.2) is 0 Å². The normalized spacial score (nSPS) is 34.8. The maximum atomic E-state index is 10.7. The van der Waals surface area contributed by atoms with E-state index in [2.05, 4.69) is 0 Å². The summed E-state index contributed by atoms with van der Waals surface area (Å²) in [5.41, 5.74) is 0.165. The largest absolute Gasteiger partial charge is 0.393 e. The molecule has 1 heterocycles. The molecule has 1 spiro atoms. The molecule has 0 aromatic carbocycles. The van der Waals surface area contributed by atoms with Crippen LogP contribution in [-0.4, -0.2) is 23.4 Å². The lowest BCUT2D eigenvalue weighted by Crippen LogP contribution is -2.43. The molecule has 18 heavy (non-hydrogen) atoms. The van der Waals surface area contributed by atoms with Gasteiger partial charge in [-0.3, -0.25) is 0 Å². The van der Waals surface area contributed by atoms with Gasteiger partial charge in [-0.05, 0) is 50.4 Å². The number of rotatable bonds is 2. The number of hydrogen-bond donors (Lipinski definition) is 1. The molecule has 0 radical (unpaired) electrons. The monoisotopic (exact) mass is 252 g/mol. The summed E-state index contributed by atoms with van der Waals surface area (Å²) < 4.78 is 6.08. The first-order valence-electron chi connectivity index (χ1n) is 8.11. The number of ether oxygens (including phenoxy) is 1. The van der Waals surface area contributed by atoms with Crippen LogP contribution in [0.2, 0.25) is 0 Å². The third kappa shape index (κ3) is 2.60. The van der Waals surface area contributed by atoms with Crippen molar-refractivity contribution in [3.63, 3.8) is 0 Å². The van der Waals surface area contributed by atoms with Gasteiger partial charge in [0.05, 0.1) is 11.7 Å². The molecule has 0 aromatic rings. The van der Waals surface area contributed by atoms with Crippen LogP contribution in [0.5, 0.6) is 0 Å². The minimum absolute atomic E-state index is 0.0494. The molecule has 1 saturated heterocycles. The first kappa shape index (κ1) is 12.9. The minimum Gasteiger partial charge on any atom is -0.393 e. The Morgan fingerprint density at radius 1 is 0.889 bits per heavy atom. The molecule has 2 atom stereocenters. The summed E-state index contributed by atoms with van der Waals surface area (Å²) in [5, 5.41) is 10.7. The highest BCUT2D eigenvalue weighted by molar-refractivity contribution is 4.94. The molecular formula is C16H28O2. The Labute approximate surface area is 111 Å². The van der Waals surface area contributed by atoms with Crippen molar-refractivity contribution in [2.75, 3.05) is 6.61 Å². The first-order valence-corrected chi connectivity index (χ1v) is 8.11. The summed E-state index contributed by atoms with van der Waals surface area (Å²) in [6.45, 7) is 0.883. The predicted octanol–water partition coefficient (Wildman–Crippen LogP) is 3.67. The van der Waals surface area contributed by atoms with Gasteiger partial charge in [0, 0.05) is 6.61 Å². The van der Waals surface area contributed by atoms with Crippen molar-refractivity contribution >= 4 is 0 Å². The molecular weight excluding hydrogens is 224 g/mol. The van der Waals surface area contributed by atoms with Gasteiger partial charge in [0.1, 0.15) is 0 Å².